The molecule has 1 N–H and O–H groups in total. The highest BCUT2D eigenvalue weighted by Crippen LogP contribution is 2.26. The molecule has 0 radical (unpaired) electrons. The Kier molecular flexibility index (Phi) is 6.34. The number of carbonyl (C=O) groups is 2. The fourth-order valence-electron chi connectivity index (χ4n) is 3.09. The fourth-order valence-corrected chi connectivity index (χ4v) is 3.72. The quantitative estimate of drug-likeness (QED) is 0.867. The Labute approximate surface area is 163 Å². The van der Waals surface area contributed by atoms with Crippen molar-refractivity contribution in [2.75, 3.05) is 38.1 Å². The van der Waals surface area contributed by atoms with Crippen LogP contribution < -0.4 is 10.1 Å². The molecule has 6 nitrogen and oxygen atoms in total. The molecule has 0 aliphatic carbocycles. The van der Waals surface area contributed by atoms with E-state index in [0.717, 1.165) is 17.5 Å². The topological polar surface area (TPSA) is 61.9 Å². The summed E-state index contributed by atoms with van der Waals surface area (Å²) < 4.78 is 5.64. The number of nitrogens with zero attached hydrogens (tertiary/aromatic N) is 2. The first-order valence-corrected chi connectivity index (χ1v) is 10.1. The lowest BCUT2D eigenvalue weighted by Gasteiger charge is -2.23. The average molecular weight is 388 g/mol. The van der Waals surface area contributed by atoms with E-state index in [-0.39, 0.29) is 11.9 Å². The van der Waals surface area contributed by atoms with Gasteiger partial charge in [0.2, 0.25) is 0 Å². The lowest BCUT2D eigenvalue weighted by Crippen LogP contribution is -2.39. The minimum atomic E-state index is -0.162. The van der Waals surface area contributed by atoms with Crippen LogP contribution in [0.25, 0.3) is 0 Å². The molecule has 2 aromatic rings. The van der Waals surface area contributed by atoms with Gasteiger partial charge in [-0.25, -0.2) is 4.79 Å². The summed E-state index contributed by atoms with van der Waals surface area (Å²) in [6.07, 6.45) is 0.759. The molecular formula is C20H25N3O3S. The van der Waals surface area contributed by atoms with E-state index in [1.807, 2.05) is 53.8 Å². The highest BCUT2D eigenvalue weighted by atomic mass is 32.1. The lowest BCUT2D eigenvalue weighted by atomic mass is 10.2. The van der Waals surface area contributed by atoms with Crippen LogP contribution >= 0.6 is 11.3 Å². The Morgan fingerprint density at radius 1 is 1.15 bits per heavy atom. The first kappa shape index (κ1) is 19.2. The van der Waals surface area contributed by atoms with Crippen LogP contribution in [0.1, 0.15) is 29.3 Å². The maximum Gasteiger partial charge on any atom is 0.322 e. The number of nitrogens with one attached hydrogen (secondary N) is 1. The van der Waals surface area contributed by atoms with Crippen LogP contribution in [0.3, 0.4) is 0 Å². The van der Waals surface area contributed by atoms with Crippen molar-refractivity contribution in [1.29, 1.82) is 0 Å². The summed E-state index contributed by atoms with van der Waals surface area (Å²) >= 11 is 1.52. The van der Waals surface area contributed by atoms with Gasteiger partial charge in [0, 0.05) is 31.6 Å². The number of aryl methyl sites for hydroxylation is 1. The zero-order chi connectivity index (χ0) is 19.2. The van der Waals surface area contributed by atoms with Crippen molar-refractivity contribution in [3.63, 3.8) is 0 Å². The smallest absolute Gasteiger partial charge is 0.322 e. The van der Waals surface area contributed by atoms with E-state index in [1.165, 1.54) is 11.3 Å². The second-order valence-electron chi connectivity index (χ2n) is 6.51. The molecule has 0 unspecified atom stereocenters. The summed E-state index contributed by atoms with van der Waals surface area (Å²) in [6.45, 7) is 6.77. The molecule has 27 heavy (non-hydrogen) atoms. The van der Waals surface area contributed by atoms with Crippen LogP contribution in [-0.2, 0) is 0 Å². The van der Waals surface area contributed by atoms with E-state index in [1.54, 1.807) is 4.90 Å². The molecule has 1 saturated heterocycles. The van der Waals surface area contributed by atoms with Crippen molar-refractivity contribution in [1.82, 2.24) is 9.80 Å². The molecule has 144 valence electrons. The third kappa shape index (κ3) is 4.80. The molecule has 1 aromatic heterocycles. The summed E-state index contributed by atoms with van der Waals surface area (Å²) in [5, 5.41) is 6.72. The van der Waals surface area contributed by atoms with E-state index >= 15 is 0 Å². The molecule has 3 rings (SSSR count). The van der Waals surface area contributed by atoms with Crippen LogP contribution in [-0.4, -0.2) is 54.5 Å². The van der Waals surface area contributed by atoms with Gasteiger partial charge in [-0.1, -0.05) is 6.07 Å². The molecule has 0 spiro atoms. The number of amides is 3. The van der Waals surface area contributed by atoms with Crippen molar-refractivity contribution in [2.45, 2.75) is 20.3 Å². The van der Waals surface area contributed by atoms with Gasteiger partial charge in [0.05, 0.1) is 17.9 Å². The maximum absolute atomic E-state index is 12.7. The SMILES string of the molecule is CCOc1cc(C)ccc1NC(=O)N1CCCN(C(=O)c2ccsc2)CC1. The molecule has 0 bridgehead atoms. The average Bonchev–Trinajstić information content (AvgIpc) is 3.08. The van der Waals surface area contributed by atoms with E-state index in [0.29, 0.717) is 44.2 Å². The van der Waals surface area contributed by atoms with Crippen LogP contribution in [0.2, 0.25) is 0 Å². The number of hydrogen-bond donors (Lipinski definition) is 1. The van der Waals surface area contributed by atoms with Gasteiger partial charge < -0.3 is 19.9 Å². The number of ether oxygens (including phenoxy) is 1. The van der Waals surface area contributed by atoms with Crippen molar-refractivity contribution in [3.8, 4) is 5.75 Å². The molecule has 0 atom stereocenters. The zero-order valence-corrected chi connectivity index (χ0v) is 16.6. The Morgan fingerprint density at radius 3 is 2.67 bits per heavy atom. The van der Waals surface area contributed by atoms with Gasteiger partial charge in [-0.2, -0.15) is 11.3 Å². The van der Waals surface area contributed by atoms with E-state index in [9.17, 15) is 9.59 Å². The molecule has 7 heteroatoms. The molecule has 1 aromatic carbocycles. The summed E-state index contributed by atoms with van der Waals surface area (Å²) in [7, 11) is 0. The summed E-state index contributed by atoms with van der Waals surface area (Å²) in [5.74, 6) is 0.714. The molecule has 3 amide bonds. The number of urea groups is 1. The Morgan fingerprint density at radius 2 is 1.93 bits per heavy atom. The highest BCUT2D eigenvalue weighted by Gasteiger charge is 2.23. The predicted octanol–water partition coefficient (Wildman–Crippen LogP) is 3.84. The van der Waals surface area contributed by atoms with Gasteiger partial charge >= 0.3 is 6.03 Å². The number of carbonyl (C=O) groups excluding carboxylic acids is 2. The second-order valence-corrected chi connectivity index (χ2v) is 7.29. The number of thiophene rings is 1. The maximum atomic E-state index is 12.7. The summed E-state index contributed by atoms with van der Waals surface area (Å²) in [5.41, 5.74) is 2.47. The van der Waals surface area contributed by atoms with Gasteiger partial charge in [-0.3, -0.25) is 4.79 Å². The summed E-state index contributed by atoms with van der Waals surface area (Å²) in [6, 6.07) is 7.41. The monoisotopic (exact) mass is 387 g/mol. The van der Waals surface area contributed by atoms with Gasteiger partial charge in [-0.05, 0) is 49.4 Å². The van der Waals surface area contributed by atoms with Crippen LogP contribution in [0, 0.1) is 6.92 Å². The number of benzene rings is 1. The molecule has 1 fully saturated rings. The standard InChI is InChI=1S/C20H25N3O3S/c1-3-26-18-13-15(2)5-6-17(18)21-20(25)23-9-4-8-22(10-11-23)19(24)16-7-12-27-14-16/h5-7,12-14H,3-4,8-11H2,1-2H3,(H,21,25). The van der Waals surface area contributed by atoms with E-state index in [4.69, 9.17) is 4.74 Å². The van der Waals surface area contributed by atoms with Gasteiger partial charge in [0.25, 0.3) is 5.91 Å². The minimum absolute atomic E-state index is 0.0377. The molecule has 0 saturated carbocycles. The number of hydrogen-bond acceptors (Lipinski definition) is 4. The van der Waals surface area contributed by atoms with Crippen molar-refractivity contribution in [2.24, 2.45) is 0 Å². The third-order valence-corrected chi connectivity index (χ3v) is 5.20. The summed E-state index contributed by atoms with van der Waals surface area (Å²) in [4.78, 5) is 28.8. The zero-order valence-electron chi connectivity index (χ0n) is 15.7. The molecule has 1 aliphatic heterocycles. The van der Waals surface area contributed by atoms with Crippen molar-refractivity contribution >= 4 is 29.0 Å². The van der Waals surface area contributed by atoms with E-state index in [2.05, 4.69) is 5.32 Å². The largest absolute Gasteiger partial charge is 0.492 e. The molecule has 2 heterocycles. The van der Waals surface area contributed by atoms with Gasteiger partial charge in [0.1, 0.15) is 5.75 Å². The predicted molar refractivity (Wildman–Crippen MR) is 108 cm³/mol. The van der Waals surface area contributed by atoms with Crippen molar-refractivity contribution in [3.05, 3.63) is 46.2 Å². The second kappa shape index (κ2) is 8.90. The minimum Gasteiger partial charge on any atom is -0.492 e. The van der Waals surface area contributed by atoms with E-state index < -0.39 is 0 Å². The van der Waals surface area contributed by atoms with Crippen LogP contribution in [0.5, 0.6) is 5.75 Å². The fraction of sp³-hybridized carbons (Fsp3) is 0.400. The Bertz CT molecular complexity index is 792. The van der Waals surface area contributed by atoms with Crippen LogP contribution in [0.4, 0.5) is 10.5 Å². The van der Waals surface area contributed by atoms with Gasteiger partial charge in [-0.15, -0.1) is 0 Å². The first-order valence-electron chi connectivity index (χ1n) is 9.19. The van der Waals surface area contributed by atoms with Crippen LogP contribution in [0.15, 0.2) is 35.0 Å². The van der Waals surface area contributed by atoms with Gasteiger partial charge in [0.15, 0.2) is 0 Å². The normalized spacial score (nSPS) is 14.6. The van der Waals surface area contributed by atoms with Crippen molar-refractivity contribution < 1.29 is 14.3 Å². The number of anilines is 1. The first-order chi connectivity index (χ1) is 13.1. The third-order valence-electron chi connectivity index (χ3n) is 4.52. The Balaban J connectivity index is 1.62. The lowest BCUT2D eigenvalue weighted by molar-refractivity contribution is 0.0763. The highest BCUT2D eigenvalue weighted by molar-refractivity contribution is 7.08. The number of rotatable bonds is 4. The molecular weight excluding hydrogens is 362 g/mol. The Hall–Kier alpha value is -2.54. The molecule has 1 aliphatic rings.